The number of carbonyl (C=O) groups is 2. The Hall–Kier alpha value is -0.850. The number of amides is 2. The van der Waals surface area contributed by atoms with Crippen molar-refractivity contribution in [3.63, 3.8) is 0 Å². The highest BCUT2D eigenvalue weighted by Crippen LogP contribution is 2.28. The van der Waals surface area contributed by atoms with Gasteiger partial charge < -0.3 is 20.7 Å². The molecule has 6 nitrogen and oxygen atoms in total. The fourth-order valence-corrected chi connectivity index (χ4v) is 3.70. The van der Waals surface area contributed by atoms with Gasteiger partial charge in [-0.15, -0.1) is 12.4 Å². The zero-order valence-corrected chi connectivity index (χ0v) is 17.2. The molecular formula is C19H36ClN3O3. The standard InChI is InChI=1S/C19H35N3O3.ClH/c1-13(2)18(20)19(24)21-11-17(23)22(12-16-5-4-10-25-16)15-8-6-14(3)7-9-15;/h13-16,18H,4-12,20H2,1-3H3,(H,21,24);1H/t14?,15?,16?,18-;/m0./s1. The van der Waals surface area contributed by atoms with Crippen molar-refractivity contribution in [2.24, 2.45) is 17.6 Å². The average Bonchev–Trinajstić information content (AvgIpc) is 3.10. The lowest BCUT2D eigenvalue weighted by Crippen LogP contribution is -2.52. The van der Waals surface area contributed by atoms with Crippen LogP contribution < -0.4 is 11.1 Å². The summed E-state index contributed by atoms with van der Waals surface area (Å²) in [5, 5.41) is 2.72. The number of rotatable bonds is 7. The molecule has 2 amide bonds. The third kappa shape index (κ3) is 6.71. The molecule has 0 aromatic carbocycles. The van der Waals surface area contributed by atoms with Gasteiger partial charge in [0.2, 0.25) is 11.8 Å². The first kappa shape index (κ1) is 23.2. The summed E-state index contributed by atoms with van der Waals surface area (Å²) in [7, 11) is 0. The van der Waals surface area contributed by atoms with Gasteiger partial charge in [0.15, 0.2) is 0 Å². The Morgan fingerprint density at radius 3 is 2.38 bits per heavy atom. The van der Waals surface area contributed by atoms with Crippen molar-refractivity contribution in [2.45, 2.75) is 77.5 Å². The largest absolute Gasteiger partial charge is 0.376 e. The molecular weight excluding hydrogens is 354 g/mol. The minimum Gasteiger partial charge on any atom is -0.376 e. The second kappa shape index (κ2) is 11.1. The van der Waals surface area contributed by atoms with Gasteiger partial charge in [-0.1, -0.05) is 20.8 Å². The summed E-state index contributed by atoms with van der Waals surface area (Å²) >= 11 is 0. The first-order chi connectivity index (χ1) is 11.9. The Labute approximate surface area is 164 Å². The highest BCUT2D eigenvalue weighted by Gasteiger charge is 2.31. The summed E-state index contributed by atoms with van der Waals surface area (Å²) in [5.74, 6) is 0.523. The van der Waals surface area contributed by atoms with Gasteiger partial charge in [0, 0.05) is 19.2 Å². The van der Waals surface area contributed by atoms with E-state index in [-0.39, 0.29) is 48.8 Å². The number of nitrogens with zero attached hydrogens (tertiary/aromatic N) is 1. The minimum absolute atomic E-state index is 0. The van der Waals surface area contributed by atoms with E-state index in [1.165, 1.54) is 0 Å². The quantitative estimate of drug-likeness (QED) is 0.698. The van der Waals surface area contributed by atoms with E-state index in [4.69, 9.17) is 10.5 Å². The normalized spacial score (nSPS) is 26.9. The molecule has 3 N–H and O–H groups in total. The second-order valence-electron chi connectivity index (χ2n) is 8.08. The second-order valence-corrected chi connectivity index (χ2v) is 8.08. The molecule has 0 bridgehead atoms. The van der Waals surface area contributed by atoms with Gasteiger partial charge in [-0.05, 0) is 50.4 Å². The van der Waals surface area contributed by atoms with E-state index in [2.05, 4.69) is 12.2 Å². The first-order valence-electron chi connectivity index (χ1n) is 9.82. The number of hydrogen-bond acceptors (Lipinski definition) is 4. The molecule has 1 heterocycles. The van der Waals surface area contributed by atoms with Crippen LogP contribution >= 0.6 is 12.4 Å². The minimum atomic E-state index is -0.574. The maximum Gasteiger partial charge on any atom is 0.242 e. The lowest BCUT2D eigenvalue weighted by atomic mass is 9.86. The van der Waals surface area contributed by atoms with E-state index in [1.807, 2.05) is 18.7 Å². The molecule has 26 heavy (non-hydrogen) atoms. The van der Waals surface area contributed by atoms with Crippen molar-refractivity contribution in [2.75, 3.05) is 19.7 Å². The van der Waals surface area contributed by atoms with Crippen LogP contribution in [0.4, 0.5) is 0 Å². The van der Waals surface area contributed by atoms with Crippen molar-refractivity contribution in [3.8, 4) is 0 Å². The first-order valence-corrected chi connectivity index (χ1v) is 9.82. The molecule has 0 spiro atoms. The van der Waals surface area contributed by atoms with Crippen LogP contribution in [0.1, 0.15) is 59.3 Å². The number of nitrogens with two attached hydrogens (primary N) is 1. The predicted molar refractivity (Wildman–Crippen MR) is 105 cm³/mol. The Morgan fingerprint density at radius 2 is 1.85 bits per heavy atom. The summed E-state index contributed by atoms with van der Waals surface area (Å²) in [6, 6.07) is -0.307. The van der Waals surface area contributed by atoms with Crippen LogP contribution in [0.5, 0.6) is 0 Å². The maximum atomic E-state index is 12.8. The lowest BCUT2D eigenvalue weighted by molar-refractivity contribution is -0.137. The van der Waals surface area contributed by atoms with Crippen molar-refractivity contribution < 1.29 is 14.3 Å². The third-order valence-corrected chi connectivity index (χ3v) is 5.61. The summed E-state index contributed by atoms with van der Waals surface area (Å²) < 4.78 is 5.74. The maximum absolute atomic E-state index is 12.8. The Bertz CT molecular complexity index is 447. The van der Waals surface area contributed by atoms with E-state index < -0.39 is 6.04 Å². The Balaban J connectivity index is 0.00000338. The molecule has 2 fully saturated rings. The van der Waals surface area contributed by atoms with Gasteiger partial charge in [-0.2, -0.15) is 0 Å². The van der Waals surface area contributed by atoms with Crippen LogP contribution in [0.3, 0.4) is 0 Å². The Morgan fingerprint density at radius 1 is 1.19 bits per heavy atom. The molecule has 1 saturated carbocycles. The van der Waals surface area contributed by atoms with Crippen LogP contribution in [0, 0.1) is 11.8 Å². The van der Waals surface area contributed by atoms with Gasteiger partial charge in [0.25, 0.3) is 0 Å². The number of ether oxygens (including phenoxy) is 1. The molecule has 1 saturated heterocycles. The molecule has 152 valence electrons. The SMILES string of the molecule is CC1CCC(N(CC2CCCO2)C(=O)CNC(=O)[C@@H](N)C(C)C)CC1.Cl. The molecule has 0 radical (unpaired) electrons. The predicted octanol–water partition coefficient (Wildman–Crippen LogP) is 2.09. The molecule has 1 unspecified atom stereocenters. The van der Waals surface area contributed by atoms with Gasteiger partial charge in [0.1, 0.15) is 0 Å². The number of halogens is 1. The number of carbonyl (C=O) groups excluding carboxylic acids is 2. The van der Waals surface area contributed by atoms with E-state index >= 15 is 0 Å². The summed E-state index contributed by atoms with van der Waals surface area (Å²) in [5.41, 5.74) is 5.86. The van der Waals surface area contributed by atoms with Crippen LogP contribution in [-0.4, -0.2) is 54.6 Å². The zero-order valence-electron chi connectivity index (χ0n) is 16.4. The summed E-state index contributed by atoms with van der Waals surface area (Å²) in [6.07, 6.45) is 6.61. The summed E-state index contributed by atoms with van der Waals surface area (Å²) in [6.45, 7) is 7.53. The van der Waals surface area contributed by atoms with Crippen LogP contribution in [0.25, 0.3) is 0 Å². The molecule has 2 aliphatic rings. The highest BCUT2D eigenvalue weighted by atomic mass is 35.5. The van der Waals surface area contributed by atoms with E-state index in [9.17, 15) is 9.59 Å². The lowest BCUT2D eigenvalue weighted by Gasteiger charge is -2.37. The van der Waals surface area contributed by atoms with Crippen LogP contribution in [0.2, 0.25) is 0 Å². The molecule has 2 rings (SSSR count). The van der Waals surface area contributed by atoms with Crippen LogP contribution in [0.15, 0.2) is 0 Å². The molecule has 1 aliphatic carbocycles. The summed E-state index contributed by atoms with van der Waals surface area (Å²) in [4.78, 5) is 26.8. The van der Waals surface area contributed by atoms with Crippen LogP contribution in [-0.2, 0) is 14.3 Å². The molecule has 2 atom stereocenters. The van der Waals surface area contributed by atoms with Gasteiger partial charge in [-0.3, -0.25) is 9.59 Å². The highest BCUT2D eigenvalue weighted by molar-refractivity contribution is 5.87. The molecule has 0 aromatic heterocycles. The molecule has 0 aromatic rings. The Kier molecular flexibility index (Phi) is 9.90. The fourth-order valence-electron chi connectivity index (χ4n) is 3.70. The van der Waals surface area contributed by atoms with Gasteiger partial charge in [-0.25, -0.2) is 0 Å². The number of hydrogen-bond donors (Lipinski definition) is 2. The number of nitrogens with one attached hydrogen (secondary N) is 1. The van der Waals surface area contributed by atoms with Crippen molar-refractivity contribution in [1.82, 2.24) is 10.2 Å². The van der Waals surface area contributed by atoms with Crippen molar-refractivity contribution >= 4 is 24.2 Å². The van der Waals surface area contributed by atoms with Gasteiger partial charge >= 0.3 is 0 Å². The van der Waals surface area contributed by atoms with Crippen molar-refractivity contribution in [1.29, 1.82) is 0 Å². The fraction of sp³-hybridized carbons (Fsp3) is 0.895. The van der Waals surface area contributed by atoms with Crippen molar-refractivity contribution in [3.05, 3.63) is 0 Å². The average molecular weight is 390 g/mol. The smallest absolute Gasteiger partial charge is 0.242 e. The van der Waals surface area contributed by atoms with Gasteiger partial charge in [0.05, 0.1) is 18.7 Å². The van der Waals surface area contributed by atoms with E-state index in [0.29, 0.717) is 6.54 Å². The van der Waals surface area contributed by atoms with E-state index in [0.717, 1.165) is 51.0 Å². The van der Waals surface area contributed by atoms with E-state index in [1.54, 1.807) is 0 Å². The molecule has 7 heteroatoms. The topological polar surface area (TPSA) is 84.7 Å². The zero-order chi connectivity index (χ0) is 18.4. The monoisotopic (exact) mass is 389 g/mol. The molecule has 1 aliphatic heterocycles. The third-order valence-electron chi connectivity index (χ3n) is 5.61.